The fourth-order valence-corrected chi connectivity index (χ4v) is 9.08. The summed E-state index contributed by atoms with van der Waals surface area (Å²) in [4.78, 5) is 35.9. The minimum Gasteiger partial charge on any atom is -0.475 e. The molecular weight excluding hydrogens is 820 g/mol. The minimum absolute atomic E-state index is 0.0435. The van der Waals surface area contributed by atoms with Crippen LogP contribution in [0.5, 0.6) is 0 Å². The number of sulfone groups is 1. The number of carbonyl (C=O) groups is 3. The number of aryl methyl sites for hydroxylation is 1. The molecule has 0 spiro atoms. The Balaban J connectivity index is 0.00000151. The van der Waals surface area contributed by atoms with E-state index in [9.17, 15) is 53.5 Å². The Morgan fingerprint density at radius 3 is 2.03 bits per heavy atom. The van der Waals surface area contributed by atoms with Gasteiger partial charge in [-0.25, -0.2) is 39.5 Å². The summed E-state index contributed by atoms with van der Waals surface area (Å²) in [7, 11) is -7.36. The van der Waals surface area contributed by atoms with Gasteiger partial charge in [-0.1, -0.05) is 51.5 Å². The molecule has 4 atom stereocenters. The number of ether oxygens (including phenoxy) is 1. The number of alkyl halides is 3. The van der Waals surface area contributed by atoms with Crippen molar-refractivity contribution in [2.45, 2.75) is 108 Å². The number of carboxylic acids is 1. The highest BCUT2D eigenvalue weighted by Gasteiger charge is 2.38. The topological polar surface area (TPSA) is 209 Å². The fraction of sp³-hybridized carbons (Fsp3) is 0.595. The molecule has 1 unspecified atom stereocenters. The maximum Gasteiger partial charge on any atom is 0.490 e. The number of alkyl carbamates (subject to hydrolysis) is 1. The number of halogens is 5. The van der Waals surface area contributed by atoms with Crippen molar-refractivity contribution in [3.8, 4) is 0 Å². The van der Waals surface area contributed by atoms with E-state index >= 15 is 0 Å². The molecule has 1 heterocycles. The van der Waals surface area contributed by atoms with Gasteiger partial charge in [0.15, 0.2) is 9.84 Å². The van der Waals surface area contributed by atoms with E-state index in [0.717, 1.165) is 35.9 Å². The van der Waals surface area contributed by atoms with Crippen molar-refractivity contribution in [3.63, 3.8) is 0 Å². The number of sulfonamides is 1. The van der Waals surface area contributed by atoms with E-state index in [1.165, 1.54) is 4.31 Å². The number of nitrogens with one attached hydrogen (secondary N) is 3. The van der Waals surface area contributed by atoms with E-state index in [4.69, 9.17) is 14.6 Å². The first-order valence-corrected chi connectivity index (χ1v) is 22.2. The number of piperidine rings is 1. The number of hydrogen-bond acceptors (Lipinski definition) is 10. The average Bonchev–Trinajstić information content (AvgIpc) is 3.12. The van der Waals surface area contributed by atoms with E-state index in [1.54, 1.807) is 6.92 Å². The van der Waals surface area contributed by atoms with Crippen molar-refractivity contribution in [1.29, 1.82) is 0 Å². The summed E-state index contributed by atoms with van der Waals surface area (Å²) in [6, 6.07) is 7.88. The SMILES string of the molecule is CCCC(CC)S(=O)(=O)C[C@H](NC(=O)OC1CCN(S(C)(=O)=O)CC1)C(=O)N[C@@H](Cc1cc(F)cc(F)c1)[C@H](O)CNCc1cccc(CC)c1.O=C(O)C(F)(F)F. The van der Waals surface area contributed by atoms with Gasteiger partial charge in [-0.3, -0.25) is 4.79 Å². The number of carboxylic acid groups (broad SMARTS) is 1. The van der Waals surface area contributed by atoms with Crippen LogP contribution >= 0.6 is 0 Å². The Morgan fingerprint density at radius 2 is 1.52 bits per heavy atom. The van der Waals surface area contributed by atoms with Crippen LogP contribution in [0, 0.1) is 11.6 Å². The molecule has 328 valence electrons. The van der Waals surface area contributed by atoms with E-state index < -0.39 is 90.9 Å². The van der Waals surface area contributed by atoms with Crippen LogP contribution in [0.1, 0.15) is 69.6 Å². The third-order valence-electron chi connectivity index (χ3n) is 9.22. The summed E-state index contributed by atoms with van der Waals surface area (Å²) < 4.78 is 117. The number of rotatable bonds is 19. The van der Waals surface area contributed by atoms with Gasteiger partial charge in [0.1, 0.15) is 23.8 Å². The number of aliphatic carboxylic acids is 1. The lowest BCUT2D eigenvalue weighted by Crippen LogP contribution is -2.57. The molecule has 0 bridgehead atoms. The van der Waals surface area contributed by atoms with Crippen LogP contribution in [0.15, 0.2) is 42.5 Å². The predicted molar refractivity (Wildman–Crippen MR) is 205 cm³/mol. The van der Waals surface area contributed by atoms with Gasteiger partial charge in [0.25, 0.3) is 0 Å². The number of aliphatic hydroxyl groups excluding tert-OH is 1. The number of benzene rings is 2. The minimum atomic E-state index is -5.08. The first-order valence-electron chi connectivity index (χ1n) is 18.6. The summed E-state index contributed by atoms with van der Waals surface area (Å²) >= 11 is 0. The zero-order chi connectivity index (χ0) is 43.8. The molecular formula is C37H53F5N4O10S2. The average molecular weight is 873 g/mol. The van der Waals surface area contributed by atoms with Crippen LogP contribution < -0.4 is 16.0 Å². The molecule has 58 heavy (non-hydrogen) atoms. The largest absolute Gasteiger partial charge is 0.490 e. The molecule has 3 rings (SSSR count). The third kappa shape index (κ3) is 17.5. The van der Waals surface area contributed by atoms with Crippen molar-refractivity contribution in [1.82, 2.24) is 20.3 Å². The molecule has 1 aliphatic rings. The number of carbonyl (C=O) groups excluding carboxylic acids is 2. The molecule has 2 aromatic rings. The van der Waals surface area contributed by atoms with Crippen LogP contribution in [0.3, 0.4) is 0 Å². The van der Waals surface area contributed by atoms with Crippen molar-refractivity contribution in [2.75, 3.05) is 31.6 Å². The van der Waals surface area contributed by atoms with Gasteiger partial charge >= 0.3 is 18.2 Å². The molecule has 1 fully saturated rings. The van der Waals surface area contributed by atoms with Crippen LogP contribution in [-0.2, 0) is 53.6 Å². The highest BCUT2D eigenvalue weighted by atomic mass is 32.2. The summed E-state index contributed by atoms with van der Waals surface area (Å²) in [6.45, 7) is 6.18. The van der Waals surface area contributed by atoms with Gasteiger partial charge in [-0.2, -0.15) is 13.2 Å². The second-order valence-corrected chi connectivity index (χ2v) is 18.2. The molecule has 0 saturated carbocycles. The molecule has 1 aliphatic heterocycles. The molecule has 21 heteroatoms. The molecule has 1 saturated heterocycles. The Labute approximate surface area is 335 Å². The molecule has 2 amide bonds. The number of hydrogen-bond donors (Lipinski definition) is 5. The Hall–Kier alpha value is -3.92. The van der Waals surface area contributed by atoms with Gasteiger partial charge in [-0.05, 0) is 67.3 Å². The smallest absolute Gasteiger partial charge is 0.475 e. The van der Waals surface area contributed by atoms with Gasteiger partial charge in [0, 0.05) is 32.2 Å². The lowest BCUT2D eigenvalue weighted by atomic mass is 10.00. The van der Waals surface area contributed by atoms with E-state index in [-0.39, 0.29) is 50.9 Å². The molecule has 0 aromatic heterocycles. The summed E-state index contributed by atoms with van der Waals surface area (Å²) in [5.74, 6) is -6.16. The molecule has 5 N–H and O–H groups in total. The zero-order valence-corrected chi connectivity index (χ0v) is 34.4. The first kappa shape index (κ1) is 50.2. The van der Waals surface area contributed by atoms with Gasteiger partial charge in [0.05, 0.1) is 29.4 Å². The standard InChI is InChI=1S/C35H52F2N4O8S2.C2HF3O2/c1-5-9-30(7-3)51(47,48)23-32(40-35(44)49-29-12-14-41(15-13-29)50(4,45)46)34(43)39-31(19-26-17-27(36)20-28(37)18-26)33(42)22-38-21-25-11-8-10-24(6-2)16-25;3-2(4,5)1(6)7/h8,10-11,16-18,20,29-33,38,42H,5-7,9,12-15,19,21-23H2,1-4H3,(H,39,43)(H,40,44);(H,6,7)/t30?,31-,32-,33+;/m0./s1. The zero-order valence-electron chi connectivity index (χ0n) is 32.7. The first-order chi connectivity index (χ1) is 27.0. The highest BCUT2D eigenvalue weighted by molar-refractivity contribution is 7.92. The Morgan fingerprint density at radius 1 is 0.931 bits per heavy atom. The van der Waals surface area contributed by atoms with Gasteiger partial charge in [0.2, 0.25) is 15.9 Å². The molecule has 0 aliphatic carbocycles. The van der Waals surface area contributed by atoms with E-state index in [2.05, 4.69) is 16.0 Å². The number of aliphatic hydroxyl groups is 1. The predicted octanol–water partition coefficient (Wildman–Crippen LogP) is 3.85. The van der Waals surface area contributed by atoms with Gasteiger partial charge in [-0.15, -0.1) is 0 Å². The van der Waals surface area contributed by atoms with E-state index in [0.29, 0.717) is 25.5 Å². The molecule has 14 nitrogen and oxygen atoms in total. The second kappa shape index (κ2) is 23.0. The van der Waals surface area contributed by atoms with Crippen molar-refractivity contribution in [2.24, 2.45) is 0 Å². The normalized spacial score (nSPS) is 16.2. The van der Waals surface area contributed by atoms with E-state index in [1.807, 2.05) is 38.1 Å². The molecule has 0 radical (unpaired) electrons. The lowest BCUT2D eigenvalue weighted by molar-refractivity contribution is -0.192. The van der Waals surface area contributed by atoms with Crippen LogP contribution in [0.25, 0.3) is 0 Å². The fourth-order valence-electron chi connectivity index (χ4n) is 6.14. The Bertz CT molecular complexity index is 1860. The second-order valence-electron chi connectivity index (χ2n) is 13.9. The van der Waals surface area contributed by atoms with Crippen LogP contribution in [-0.4, -0.2) is 117 Å². The Kier molecular flexibility index (Phi) is 19.9. The lowest BCUT2D eigenvalue weighted by Gasteiger charge is -2.31. The maximum absolute atomic E-state index is 14.1. The van der Waals surface area contributed by atoms with Crippen LogP contribution in [0.2, 0.25) is 0 Å². The highest BCUT2D eigenvalue weighted by Crippen LogP contribution is 2.19. The number of nitrogens with zero attached hydrogens (tertiary/aromatic N) is 1. The maximum atomic E-state index is 14.1. The van der Waals surface area contributed by atoms with Crippen molar-refractivity contribution in [3.05, 3.63) is 70.8 Å². The number of amides is 2. The van der Waals surface area contributed by atoms with Crippen molar-refractivity contribution < 1.29 is 68.1 Å². The summed E-state index contributed by atoms with van der Waals surface area (Å²) in [5.41, 5.74) is 2.23. The quantitative estimate of drug-likeness (QED) is 0.128. The van der Waals surface area contributed by atoms with Crippen LogP contribution in [0.4, 0.5) is 26.7 Å². The third-order valence-corrected chi connectivity index (χ3v) is 12.9. The molecule has 2 aromatic carbocycles. The monoisotopic (exact) mass is 872 g/mol. The summed E-state index contributed by atoms with van der Waals surface area (Å²) in [5, 5.41) is 25.8. The van der Waals surface area contributed by atoms with Gasteiger partial charge < -0.3 is 30.9 Å². The van der Waals surface area contributed by atoms with Crippen molar-refractivity contribution >= 4 is 37.8 Å². The summed E-state index contributed by atoms with van der Waals surface area (Å²) in [6.07, 6.45) is -4.80.